The number of Topliss-reactive ketones (excluding diaryl/α,β-unsaturated/α-hetero) is 1. The van der Waals surface area contributed by atoms with Crippen molar-refractivity contribution in [3.05, 3.63) is 0 Å². The summed E-state index contributed by atoms with van der Waals surface area (Å²) in [7, 11) is 0. The van der Waals surface area contributed by atoms with Crippen LogP contribution >= 0.6 is 0 Å². The quantitative estimate of drug-likeness (QED) is 0.630. The van der Waals surface area contributed by atoms with E-state index in [2.05, 4.69) is 0 Å². The van der Waals surface area contributed by atoms with Crippen molar-refractivity contribution in [2.75, 3.05) is 19.8 Å². The van der Waals surface area contributed by atoms with Crippen molar-refractivity contribution >= 4 is 5.78 Å². The minimum Gasteiger partial charge on any atom is -0.396 e. The zero-order chi connectivity index (χ0) is 9.31. The number of ketones is 1. The van der Waals surface area contributed by atoms with Crippen LogP contribution in [0.25, 0.3) is 0 Å². The summed E-state index contributed by atoms with van der Waals surface area (Å²) in [6.45, 7) is 1.12. The van der Waals surface area contributed by atoms with Crippen LogP contribution in [0.5, 0.6) is 0 Å². The largest absolute Gasteiger partial charge is 0.396 e. The highest BCUT2D eigenvalue weighted by Gasteiger charge is 2.44. The Hall–Kier alpha value is -0.450. The Morgan fingerprint density at radius 3 is 2.77 bits per heavy atom. The minimum absolute atomic E-state index is 0.0900. The molecule has 0 aromatic rings. The minimum atomic E-state index is -0.554. The van der Waals surface area contributed by atoms with Crippen LogP contribution in [0.4, 0.5) is 0 Å². The van der Waals surface area contributed by atoms with Gasteiger partial charge in [0.2, 0.25) is 0 Å². The number of carbonyl (C=O) groups is 1. The van der Waals surface area contributed by atoms with Gasteiger partial charge in [-0.2, -0.15) is 0 Å². The molecule has 13 heavy (non-hydrogen) atoms. The maximum atomic E-state index is 11.3. The van der Waals surface area contributed by atoms with Crippen molar-refractivity contribution in [3.8, 4) is 0 Å². The second-order valence-corrected chi connectivity index (χ2v) is 3.66. The molecule has 0 bridgehead atoms. The van der Waals surface area contributed by atoms with Crippen LogP contribution in [0, 0.1) is 5.92 Å². The van der Waals surface area contributed by atoms with Gasteiger partial charge < -0.3 is 14.6 Å². The Bertz CT molecular complexity index is 208. The van der Waals surface area contributed by atoms with E-state index in [-0.39, 0.29) is 18.3 Å². The zero-order valence-electron chi connectivity index (χ0n) is 7.49. The van der Waals surface area contributed by atoms with Crippen LogP contribution in [0.3, 0.4) is 0 Å². The van der Waals surface area contributed by atoms with Crippen molar-refractivity contribution in [2.24, 2.45) is 5.92 Å². The fourth-order valence-electron chi connectivity index (χ4n) is 2.03. The van der Waals surface area contributed by atoms with E-state index in [1.165, 1.54) is 0 Å². The van der Waals surface area contributed by atoms with Crippen molar-refractivity contribution in [2.45, 2.75) is 25.0 Å². The zero-order valence-corrected chi connectivity index (χ0v) is 7.49. The third-order valence-corrected chi connectivity index (χ3v) is 2.80. The molecule has 4 heteroatoms. The first-order valence-corrected chi connectivity index (χ1v) is 4.67. The lowest BCUT2D eigenvalue weighted by Gasteiger charge is -2.34. The lowest BCUT2D eigenvalue weighted by atomic mass is 9.84. The number of hydrogen-bond donors (Lipinski definition) is 1. The summed E-state index contributed by atoms with van der Waals surface area (Å²) >= 11 is 0. The molecule has 2 rings (SSSR count). The van der Waals surface area contributed by atoms with E-state index in [1.54, 1.807) is 0 Å². The molecule has 1 atom stereocenters. The molecule has 0 amide bonds. The molecule has 0 aromatic carbocycles. The smallest absolute Gasteiger partial charge is 0.169 e. The highest BCUT2D eigenvalue weighted by atomic mass is 16.7. The maximum Gasteiger partial charge on any atom is 0.169 e. The van der Waals surface area contributed by atoms with Gasteiger partial charge in [0.15, 0.2) is 5.79 Å². The molecule has 1 N–H and O–H groups in total. The third kappa shape index (κ3) is 1.61. The van der Waals surface area contributed by atoms with Crippen molar-refractivity contribution in [1.29, 1.82) is 0 Å². The van der Waals surface area contributed by atoms with E-state index in [4.69, 9.17) is 14.6 Å². The van der Waals surface area contributed by atoms with Gasteiger partial charge in [-0.1, -0.05) is 0 Å². The van der Waals surface area contributed by atoms with Gasteiger partial charge in [-0.05, 0) is 0 Å². The summed E-state index contributed by atoms with van der Waals surface area (Å²) in [5.41, 5.74) is 0. The molecule has 4 nitrogen and oxygen atoms in total. The van der Waals surface area contributed by atoms with Gasteiger partial charge in [0.05, 0.1) is 19.8 Å². The van der Waals surface area contributed by atoms with Gasteiger partial charge in [-0.15, -0.1) is 0 Å². The highest BCUT2D eigenvalue weighted by Crippen LogP contribution is 2.36. The van der Waals surface area contributed by atoms with Crippen LogP contribution in [0.15, 0.2) is 0 Å². The van der Waals surface area contributed by atoms with Gasteiger partial charge in [-0.25, -0.2) is 0 Å². The highest BCUT2D eigenvalue weighted by molar-refractivity contribution is 5.82. The van der Waals surface area contributed by atoms with Gasteiger partial charge in [0.25, 0.3) is 0 Å². The molecule has 1 heterocycles. The normalized spacial score (nSPS) is 32.7. The molecule has 1 unspecified atom stereocenters. The first kappa shape index (κ1) is 9.12. The lowest BCUT2D eigenvalue weighted by Crippen LogP contribution is -2.41. The molecule has 2 aliphatic rings. The summed E-state index contributed by atoms with van der Waals surface area (Å²) < 4.78 is 11.0. The molecule has 2 fully saturated rings. The van der Waals surface area contributed by atoms with E-state index in [9.17, 15) is 4.79 Å². The fourth-order valence-corrected chi connectivity index (χ4v) is 2.03. The molecule has 0 radical (unpaired) electrons. The molecule has 1 spiro atoms. The number of aliphatic hydroxyl groups excluding tert-OH is 1. The van der Waals surface area contributed by atoms with Gasteiger partial charge in [0, 0.05) is 25.2 Å². The van der Waals surface area contributed by atoms with Crippen LogP contribution in [0.1, 0.15) is 19.3 Å². The second kappa shape index (κ2) is 3.36. The molecule has 1 saturated carbocycles. The Morgan fingerprint density at radius 1 is 1.46 bits per heavy atom. The Balaban J connectivity index is 2.05. The summed E-state index contributed by atoms with van der Waals surface area (Å²) in [4.78, 5) is 11.3. The molecule has 1 aliphatic carbocycles. The molecular formula is C9H14O4. The number of rotatable bonds is 1. The monoisotopic (exact) mass is 186 g/mol. The van der Waals surface area contributed by atoms with Gasteiger partial charge >= 0.3 is 0 Å². The standard InChI is InChI=1S/C9H14O4/c10-6-7-5-9(2-1-8(7)11)12-3-4-13-9/h7,10H,1-6H2. The van der Waals surface area contributed by atoms with Crippen molar-refractivity contribution in [1.82, 2.24) is 0 Å². The molecule has 74 valence electrons. The van der Waals surface area contributed by atoms with E-state index in [0.29, 0.717) is 32.5 Å². The number of ether oxygens (including phenoxy) is 2. The first-order chi connectivity index (χ1) is 6.26. The van der Waals surface area contributed by atoms with E-state index in [0.717, 1.165) is 0 Å². The first-order valence-electron chi connectivity index (χ1n) is 4.67. The van der Waals surface area contributed by atoms with Crippen LogP contribution in [-0.2, 0) is 14.3 Å². The molecule has 1 aliphatic heterocycles. The van der Waals surface area contributed by atoms with E-state index < -0.39 is 5.79 Å². The second-order valence-electron chi connectivity index (χ2n) is 3.66. The van der Waals surface area contributed by atoms with Gasteiger partial charge in [-0.3, -0.25) is 4.79 Å². The molecule has 0 aromatic heterocycles. The number of carbonyl (C=O) groups excluding carboxylic acids is 1. The fraction of sp³-hybridized carbons (Fsp3) is 0.889. The van der Waals surface area contributed by atoms with E-state index >= 15 is 0 Å². The number of aliphatic hydroxyl groups is 1. The Morgan fingerprint density at radius 2 is 2.15 bits per heavy atom. The maximum absolute atomic E-state index is 11.3. The summed E-state index contributed by atoms with van der Waals surface area (Å²) in [6.07, 6.45) is 1.62. The SMILES string of the molecule is O=C1CCC2(CC1CO)OCCO2. The average Bonchev–Trinajstić information content (AvgIpc) is 2.59. The van der Waals surface area contributed by atoms with Gasteiger partial charge in [0.1, 0.15) is 5.78 Å². The summed E-state index contributed by atoms with van der Waals surface area (Å²) in [5, 5.41) is 8.97. The van der Waals surface area contributed by atoms with Crippen LogP contribution < -0.4 is 0 Å². The van der Waals surface area contributed by atoms with Crippen molar-refractivity contribution in [3.63, 3.8) is 0 Å². The van der Waals surface area contributed by atoms with E-state index in [1.807, 2.05) is 0 Å². The third-order valence-electron chi connectivity index (χ3n) is 2.80. The molecular weight excluding hydrogens is 172 g/mol. The average molecular weight is 186 g/mol. The Kier molecular flexibility index (Phi) is 2.36. The Labute approximate surface area is 76.8 Å². The van der Waals surface area contributed by atoms with Crippen LogP contribution in [0.2, 0.25) is 0 Å². The molecule has 1 saturated heterocycles. The lowest BCUT2D eigenvalue weighted by molar-refractivity contribution is -0.191. The predicted molar refractivity (Wildman–Crippen MR) is 44.1 cm³/mol. The summed E-state index contributed by atoms with van der Waals surface area (Å²) in [5.74, 6) is -0.708. The topological polar surface area (TPSA) is 55.8 Å². The summed E-state index contributed by atoms with van der Waals surface area (Å²) in [6, 6.07) is 0. The van der Waals surface area contributed by atoms with Crippen molar-refractivity contribution < 1.29 is 19.4 Å². The number of hydrogen-bond acceptors (Lipinski definition) is 4. The predicted octanol–water partition coefficient (Wildman–Crippen LogP) is 0.0910. The van der Waals surface area contributed by atoms with Crippen LogP contribution in [-0.4, -0.2) is 36.5 Å².